The molecule has 3 atom stereocenters. The van der Waals surface area contributed by atoms with E-state index < -0.39 is 11.8 Å². The van der Waals surface area contributed by atoms with E-state index in [1.807, 2.05) is 0 Å². The molecule has 13 nitrogen and oxygen atoms in total. The zero-order valence-electron chi connectivity index (χ0n) is 20.0. The van der Waals surface area contributed by atoms with Gasteiger partial charge in [0.15, 0.2) is 0 Å². The van der Waals surface area contributed by atoms with E-state index in [-0.39, 0.29) is 47.1 Å². The zero-order chi connectivity index (χ0) is 25.9. The van der Waals surface area contributed by atoms with E-state index in [0.29, 0.717) is 6.42 Å². The molecule has 0 aromatic carbocycles. The highest BCUT2D eigenvalue weighted by Crippen LogP contribution is 2.09. The summed E-state index contributed by atoms with van der Waals surface area (Å²) in [6, 6.07) is -0.558. The molecular formula is C20H38N6O7. The molecule has 0 aliphatic rings. The fraction of sp³-hybridized carbons (Fsp3) is 0.500. The second kappa shape index (κ2) is 21.5. The normalized spacial score (nSPS) is 11.8. The van der Waals surface area contributed by atoms with Gasteiger partial charge in [0.1, 0.15) is 0 Å². The molecule has 6 amide bonds. The Morgan fingerprint density at radius 2 is 1.15 bits per heavy atom. The highest BCUT2D eigenvalue weighted by atomic mass is 16.2. The lowest BCUT2D eigenvalue weighted by Crippen LogP contribution is -2.50. The third kappa shape index (κ3) is 30.5. The van der Waals surface area contributed by atoms with Crippen molar-refractivity contribution in [2.75, 3.05) is 0 Å². The second-order valence-corrected chi connectivity index (χ2v) is 6.68. The summed E-state index contributed by atoms with van der Waals surface area (Å²) in [5, 5.41) is 10.1. The minimum atomic E-state index is -0.481. The van der Waals surface area contributed by atoms with Gasteiger partial charge < -0.3 is 38.2 Å². The van der Waals surface area contributed by atoms with Crippen LogP contribution in [0.5, 0.6) is 0 Å². The summed E-state index contributed by atoms with van der Waals surface area (Å²) in [6.45, 7) is 12.1. The predicted molar refractivity (Wildman–Crippen MR) is 124 cm³/mol. The van der Waals surface area contributed by atoms with Crippen LogP contribution >= 0.6 is 0 Å². The minimum Gasteiger partial charge on any atom is -0.412 e. The molecule has 0 spiro atoms. The van der Waals surface area contributed by atoms with Crippen LogP contribution in [0.1, 0.15) is 48.0 Å². The Bertz CT molecular complexity index is 676. The molecule has 0 rings (SSSR count). The topological polar surface area (TPSA) is 234 Å². The molecule has 0 aromatic heterocycles. The van der Waals surface area contributed by atoms with Gasteiger partial charge in [0.2, 0.25) is 35.4 Å². The van der Waals surface area contributed by atoms with Crippen LogP contribution in [-0.2, 0) is 28.8 Å². The van der Waals surface area contributed by atoms with Crippen LogP contribution in [0.25, 0.3) is 0 Å². The Balaban J connectivity index is -0.000000222. The molecule has 0 radical (unpaired) electrons. The average Bonchev–Trinajstić information content (AvgIpc) is 2.64. The van der Waals surface area contributed by atoms with Crippen molar-refractivity contribution in [3.63, 3.8) is 0 Å². The van der Waals surface area contributed by atoms with Gasteiger partial charge in [-0.25, -0.2) is 0 Å². The maximum Gasteiger partial charge on any atom is 0.240 e. The van der Waals surface area contributed by atoms with E-state index in [1.54, 1.807) is 13.8 Å². The molecule has 33 heavy (non-hydrogen) atoms. The lowest BCUT2D eigenvalue weighted by molar-refractivity contribution is -0.124. The molecule has 0 saturated carbocycles. The Labute approximate surface area is 194 Å². The summed E-state index contributed by atoms with van der Waals surface area (Å²) in [7, 11) is 0. The van der Waals surface area contributed by atoms with Crippen molar-refractivity contribution in [3.05, 3.63) is 25.1 Å². The summed E-state index contributed by atoms with van der Waals surface area (Å²) in [5.74, 6) is -1.98. The first-order valence-electron chi connectivity index (χ1n) is 9.58. The first kappa shape index (κ1) is 36.6. The number of hydrogen-bond acceptors (Lipinski definition) is 6. The number of carbonyl (C=O) groups is 6. The van der Waals surface area contributed by atoms with Gasteiger partial charge in [0, 0.05) is 58.1 Å². The average molecular weight is 475 g/mol. The number of rotatable bonds is 9. The van der Waals surface area contributed by atoms with Gasteiger partial charge in [-0.15, -0.1) is 0 Å². The fourth-order valence-corrected chi connectivity index (χ4v) is 1.89. The molecule has 0 aliphatic heterocycles. The van der Waals surface area contributed by atoms with Gasteiger partial charge in [-0.1, -0.05) is 13.5 Å². The van der Waals surface area contributed by atoms with Crippen LogP contribution < -0.4 is 32.7 Å². The fourth-order valence-electron chi connectivity index (χ4n) is 1.89. The lowest BCUT2D eigenvalue weighted by atomic mass is 9.96. The van der Waals surface area contributed by atoms with Crippen molar-refractivity contribution in [1.29, 1.82) is 0 Å². The van der Waals surface area contributed by atoms with E-state index in [9.17, 15) is 28.8 Å². The number of nitrogens with one attached hydrogen (secondary N) is 4. The molecule has 190 valence electrons. The van der Waals surface area contributed by atoms with E-state index >= 15 is 0 Å². The van der Waals surface area contributed by atoms with Gasteiger partial charge in [-0.2, -0.15) is 0 Å². The SMILES string of the molecule is C=CC(N)=O.CC(=O)N/C=C\NC(C)=O.CC(=O)NC(C)C(CC(C)C(N)=O)NC(C)=O.O. The highest BCUT2D eigenvalue weighted by Gasteiger charge is 2.23. The smallest absolute Gasteiger partial charge is 0.240 e. The molecular weight excluding hydrogens is 436 g/mol. The van der Waals surface area contributed by atoms with Crippen molar-refractivity contribution in [2.45, 2.75) is 60.0 Å². The van der Waals surface area contributed by atoms with E-state index in [1.165, 1.54) is 40.1 Å². The van der Waals surface area contributed by atoms with Gasteiger partial charge >= 0.3 is 0 Å². The minimum absolute atomic E-state index is 0. The summed E-state index contributed by atoms with van der Waals surface area (Å²) in [4.78, 5) is 62.9. The molecule has 0 bridgehead atoms. The van der Waals surface area contributed by atoms with Crippen LogP contribution in [0.2, 0.25) is 0 Å². The Morgan fingerprint density at radius 1 is 0.788 bits per heavy atom. The van der Waals surface area contributed by atoms with Crippen LogP contribution in [0, 0.1) is 5.92 Å². The number of carbonyl (C=O) groups excluding carboxylic acids is 6. The summed E-state index contributed by atoms with van der Waals surface area (Å²) in [6.07, 6.45) is 4.18. The Kier molecular flexibility index (Phi) is 23.8. The molecule has 0 fully saturated rings. The number of nitrogens with two attached hydrogens (primary N) is 2. The number of hydrogen-bond donors (Lipinski definition) is 6. The first-order valence-corrected chi connectivity index (χ1v) is 9.58. The highest BCUT2D eigenvalue weighted by molar-refractivity contribution is 5.85. The third-order valence-corrected chi connectivity index (χ3v) is 3.37. The molecule has 10 N–H and O–H groups in total. The standard InChI is InChI=1S/C11H21N3O3.C6H10N2O2.C3H5NO.H2O/c1-6(11(12)17)5-10(14-9(4)16)7(2)13-8(3)15;1-5(9)7-3-4-8-6(2)10;1-2-3(4)5;/h6-7,10H,5H2,1-4H3,(H2,12,17)(H,13,15)(H,14,16);3-4H,1-2H3,(H,7,9)(H,8,10);2H,1H2,(H2,4,5);1H2/b;4-3-;;. The van der Waals surface area contributed by atoms with Crippen LogP contribution in [-0.4, -0.2) is 53.0 Å². The van der Waals surface area contributed by atoms with Crippen molar-refractivity contribution >= 4 is 35.4 Å². The molecule has 3 unspecified atom stereocenters. The van der Waals surface area contributed by atoms with Crippen LogP contribution in [0.4, 0.5) is 0 Å². The maximum absolute atomic E-state index is 11.1. The van der Waals surface area contributed by atoms with E-state index in [4.69, 9.17) is 5.73 Å². The quantitative estimate of drug-likeness (QED) is 0.208. The Hall–Kier alpha value is -3.74. The second-order valence-electron chi connectivity index (χ2n) is 6.68. The monoisotopic (exact) mass is 474 g/mol. The summed E-state index contributed by atoms with van der Waals surface area (Å²) in [5.41, 5.74) is 9.71. The van der Waals surface area contributed by atoms with Crippen molar-refractivity contribution in [2.24, 2.45) is 17.4 Å². The number of primary amides is 2. The van der Waals surface area contributed by atoms with Crippen molar-refractivity contribution in [1.82, 2.24) is 21.3 Å². The molecule has 0 aromatic rings. The van der Waals surface area contributed by atoms with E-state index in [0.717, 1.165) is 6.08 Å². The Morgan fingerprint density at radius 3 is 1.39 bits per heavy atom. The van der Waals surface area contributed by atoms with Crippen LogP contribution in [0.3, 0.4) is 0 Å². The molecule has 0 aliphatic carbocycles. The third-order valence-electron chi connectivity index (χ3n) is 3.37. The summed E-state index contributed by atoms with van der Waals surface area (Å²) >= 11 is 0. The van der Waals surface area contributed by atoms with Crippen molar-refractivity contribution < 1.29 is 34.2 Å². The van der Waals surface area contributed by atoms with Gasteiger partial charge in [-0.3, -0.25) is 28.8 Å². The van der Waals surface area contributed by atoms with Gasteiger partial charge in [0.05, 0.1) is 0 Å². The van der Waals surface area contributed by atoms with Gasteiger partial charge in [-0.05, 0) is 19.4 Å². The van der Waals surface area contributed by atoms with Crippen LogP contribution in [0.15, 0.2) is 25.1 Å². The van der Waals surface area contributed by atoms with Gasteiger partial charge in [0.25, 0.3) is 0 Å². The largest absolute Gasteiger partial charge is 0.412 e. The lowest BCUT2D eigenvalue weighted by Gasteiger charge is -2.26. The van der Waals surface area contributed by atoms with E-state index in [2.05, 4.69) is 33.6 Å². The maximum atomic E-state index is 11.1. The molecule has 0 saturated heterocycles. The number of amides is 6. The molecule has 0 heterocycles. The first-order chi connectivity index (χ1) is 14.6. The predicted octanol–water partition coefficient (Wildman–Crippen LogP) is -1.91. The zero-order valence-corrected chi connectivity index (χ0v) is 20.0. The summed E-state index contributed by atoms with van der Waals surface area (Å²) < 4.78 is 0. The van der Waals surface area contributed by atoms with Crippen molar-refractivity contribution in [3.8, 4) is 0 Å². The molecule has 13 heteroatoms.